The molecule has 1 N–H and O–H groups in total. The zero-order chi connectivity index (χ0) is 9.10. The number of aliphatic hydroxyl groups is 1. The summed E-state index contributed by atoms with van der Waals surface area (Å²) in [5, 5.41) is 11.1. The first-order chi connectivity index (χ1) is 6.40. The standard InChI is InChI=1S/C12H11O/c13-8-7-10-5-6-11-3-1-2-4-12(11)9-10/h1-6,13H,7-8H2. The summed E-state index contributed by atoms with van der Waals surface area (Å²) in [4.78, 5) is 0. The molecule has 0 heterocycles. The Bertz CT molecular complexity index is 407. The van der Waals surface area contributed by atoms with Gasteiger partial charge in [-0.25, -0.2) is 0 Å². The molecule has 2 rings (SSSR count). The largest absolute Gasteiger partial charge is 0.396 e. The van der Waals surface area contributed by atoms with Gasteiger partial charge in [0.1, 0.15) is 0 Å². The fraction of sp³-hybridized carbons (Fsp3) is 0.167. The van der Waals surface area contributed by atoms with Crippen LogP contribution in [0.5, 0.6) is 0 Å². The third kappa shape index (κ3) is 1.70. The second-order valence-corrected chi connectivity index (χ2v) is 3.04. The smallest absolute Gasteiger partial charge is 0.0471 e. The summed E-state index contributed by atoms with van der Waals surface area (Å²) in [7, 11) is 0. The molecule has 0 bridgehead atoms. The summed E-state index contributed by atoms with van der Waals surface area (Å²) in [5.41, 5.74) is 1.07. The third-order valence-corrected chi connectivity index (χ3v) is 2.10. The van der Waals surface area contributed by atoms with E-state index in [9.17, 15) is 0 Å². The Labute approximate surface area is 77.6 Å². The van der Waals surface area contributed by atoms with Crippen LogP contribution in [0.4, 0.5) is 0 Å². The second kappa shape index (κ2) is 3.58. The van der Waals surface area contributed by atoms with E-state index in [1.165, 1.54) is 5.39 Å². The van der Waals surface area contributed by atoms with Crippen molar-refractivity contribution in [3.8, 4) is 0 Å². The summed E-state index contributed by atoms with van der Waals surface area (Å²) in [6, 6.07) is 15.5. The molecule has 0 fully saturated rings. The fourth-order valence-electron chi connectivity index (χ4n) is 1.43. The topological polar surface area (TPSA) is 20.2 Å². The number of hydrogen-bond donors (Lipinski definition) is 1. The predicted molar refractivity (Wildman–Crippen MR) is 53.6 cm³/mol. The molecule has 65 valence electrons. The van der Waals surface area contributed by atoms with Gasteiger partial charge in [-0.1, -0.05) is 36.4 Å². The van der Waals surface area contributed by atoms with Gasteiger partial charge in [0.2, 0.25) is 0 Å². The van der Waals surface area contributed by atoms with Crippen molar-refractivity contribution in [3.05, 3.63) is 48.0 Å². The van der Waals surface area contributed by atoms with Gasteiger partial charge in [-0.05, 0) is 28.8 Å². The van der Waals surface area contributed by atoms with Gasteiger partial charge in [0.25, 0.3) is 0 Å². The van der Waals surface area contributed by atoms with Crippen molar-refractivity contribution in [1.29, 1.82) is 0 Å². The Morgan fingerprint density at radius 3 is 2.77 bits per heavy atom. The Kier molecular flexibility index (Phi) is 2.28. The predicted octanol–water partition coefficient (Wildman–Crippen LogP) is 2.17. The van der Waals surface area contributed by atoms with Crippen LogP contribution in [-0.2, 0) is 6.42 Å². The van der Waals surface area contributed by atoms with Gasteiger partial charge in [0.15, 0.2) is 0 Å². The van der Waals surface area contributed by atoms with Crippen molar-refractivity contribution in [2.45, 2.75) is 6.42 Å². The van der Waals surface area contributed by atoms with E-state index < -0.39 is 0 Å². The lowest BCUT2D eigenvalue weighted by Crippen LogP contribution is -1.90. The van der Waals surface area contributed by atoms with Crippen LogP contribution in [0.3, 0.4) is 0 Å². The summed E-state index contributed by atoms with van der Waals surface area (Å²) in [5.74, 6) is 0. The molecule has 0 amide bonds. The van der Waals surface area contributed by atoms with Crippen LogP contribution < -0.4 is 0 Å². The van der Waals surface area contributed by atoms with Crippen LogP contribution in [0.15, 0.2) is 36.4 Å². The Morgan fingerprint density at radius 1 is 1.08 bits per heavy atom. The van der Waals surface area contributed by atoms with Gasteiger partial charge in [-0.3, -0.25) is 0 Å². The first-order valence-corrected chi connectivity index (χ1v) is 4.41. The number of benzene rings is 2. The summed E-state index contributed by atoms with van der Waals surface area (Å²) in [6.45, 7) is 0.189. The van der Waals surface area contributed by atoms with Crippen LogP contribution >= 0.6 is 0 Å². The number of fused-ring (bicyclic) bond motifs is 1. The van der Waals surface area contributed by atoms with Crippen LogP contribution in [0.25, 0.3) is 10.8 Å². The SMILES string of the molecule is OCCc1[c]c2ccccc2cc1. The maximum atomic E-state index is 8.77. The Balaban J connectivity index is 2.49. The highest BCUT2D eigenvalue weighted by molar-refractivity contribution is 5.82. The zero-order valence-corrected chi connectivity index (χ0v) is 7.33. The molecular formula is C12H11O. The Hall–Kier alpha value is -1.34. The average Bonchev–Trinajstić information content (AvgIpc) is 2.18. The average molecular weight is 171 g/mol. The molecule has 1 radical (unpaired) electrons. The van der Waals surface area contributed by atoms with Gasteiger partial charge in [-0.15, -0.1) is 0 Å². The second-order valence-electron chi connectivity index (χ2n) is 3.04. The molecule has 2 aromatic rings. The molecule has 0 atom stereocenters. The molecule has 0 aliphatic carbocycles. The van der Waals surface area contributed by atoms with Gasteiger partial charge in [-0.2, -0.15) is 0 Å². The zero-order valence-electron chi connectivity index (χ0n) is 7.33. The van der Waals surface area contributed by atoms with Crippen molar-refractivity contribution in [3.63, 3.8) is 0 Å². The van der Waals surface area contributed by atoms with Gasteiger partial charge >= 0.3 is 0 Å². The molecule has 0 aromatic heterocycles. The molecule has 0 unspecified atom stereocenters. The third-order valence-electron chi connectivity index (χ3n) is 2.10. The summed E-state index contributed by atoms with van der Waals surface area (Å²) < 4.78 is 0. The van der Waals surface area contributed by atoms with Crippen molar-refractivity contribution < 1.29 is 5.11 Å². The van der Waals surface area contributed by atoms with Crippen molar-refractivity contribution >= 4 is 10.8 Å². The minimum atomic E-state index is 0.189. The van der Waals surface area contributed by atoms with Crippen LogP contribution in [-0.4, -0.2) is 11.7 Å². The monoisotopic (exact) mass is 171 g/mol. The summed E-state index contributed by atoms with van der Waals surface area (Å²) >= 11 is 0. The minimum absolute atomic E-state index is 0.189. The van der Waals surface area contributed by atoms with E-state index >= 15 is 0 Å². The fourth-order valence-corrected chi connectivity index (χ4v) is 1.43. The number of rotatable bonds is 2. The van der Waals surface area contributed by atoms with Crippen LogP contribution in [0, 0.1) is 6.07 Å². The minimum Gasteiger partial charge on any atom is -0.396 e. The molecule has 0 aliphatic rings. The van der Waals surface area contributed by atoms with Crippen molar-refractivity contribution in [1.82, 2.24) is 0 Å². The molecule has 1 heteroatoms. The first kappa shape index (κ1) is 8.27. The lowest BCUT2D eigenvalue weighted by atomic mass is 10.1. The van der Waals surface area contributed by atoms with E-state index in [4.69, 9.17) is 5.11 Å². The molecular weight excluding hydrogens is 160 g/mol. The Morgan fingerprint density at radius 2 is 1.92 bits per heavy atom. The van der Waals surface area contributed by atoms with Gasteiger partial charge in [0.05, 0.1) is 0 Å². The van der Waals surface area contributed by atoms with Crippen LogP contribution in [0.2, 0.25) is 0 Å². The highest BCUT2D eigenvalue weighted by Gasteiger charge is 1.95. The molecule has 1 nitrogen and oxygen atoms in total. The number of hydrogen-bond acceptors (Lipinski definition) is 1. The van der Waals surface area contributed by atoms with E-state index in [1.807, 2.05) is 24.3 Å². The van der Waals surface area contributed by atoms with E-state index in [-0.39, 0.29) is 6.61 Å². The lowest BCUT2D eigenvalue weighted by molar-refractivity contribution is 0.299. The summed E-state index contributed by atoms with van der Waals surface area (Å²) in [6.07, 6.45) is 0.685. The molecule has 0 aliphatic heterocycles. The number of aliphatic hydroxyl groups excluding tert-OH is 1. The van der Waals surface area contributed by atoms with E-state index in [0.29, 0.717) is 6.42 Å². The van der Waals surface area contributed by atoms with Gasteiger partial charge in [0, 0.05) is 6.61 Å². The van der Waals surface area contributed by atoms with Crippen LogP contribution in [0.1, 0.15) is 5.56 Å². The first-order valence-electron chi connectivity index (χ1n) is 4.41. The molecule has 0 saturated heterocycles. The highest BCUT2D eigenvalue weighted by Crippen LogP contribution is 2.14. The molecule has 2 aromatic carbocycles. The lowest BCUT2D eigenvalue weighted by Gasteiger charge is -2.00. The van der Waals surface area contributed by atoms with Crippen molar-refractivity contribution in [2.75, 3.05) is 6.61 Å². The van der Waals surface area contributed by atoms with Crippen molar-refractivity contribution in [2.24, 2.45) is 0 Å². The maximum absolute atomic E-state index is 8.77. The van der Waals surface area contributed by atoms with E-state index in [1.54, 1.807) is 0 Å². The normalized spacial score (nSPS) is 10.5. The molecule has 0 spiro atoms. The van der Waals surface area contributed by atoms with Gasteiger partial charge < -0.3 is 5.11 Å². The van der Waals surface area contributed by atoms with E-state index in [2.05, 4.69) is 18.2 Å². The van der Waals surface area contributed by atoms with E-state index in [0.717, 1.165) is 10.9 Å². The quantitative estimate of drug-likeness (QED) is 0.734. The molecule has 0 saturated carbocycles. The maximum Gasteiger partial charge on any atom is 0.0471 e. The molecule has 13 heavy (non-hydrogen) atoms. The highest BCUT2D eigenvalue weighted by atomic mass is 16.2.